The number of halogens is 8. The zero-order chi connectivity index (χ0) is 26.3. The third-order valence-electron chi connectivity index (χ3n) is 5.15. The molecule has 1 aromatic heterocycles. The van der Waals surface area contributed by atoms with E-state index in [0.717, 1.165) is 17.7 Å². The summed E-state index contributed by atoms with van der Waals surface area (Å²) in [6.45, 7) is 0.118. The average molecular weight is 547 g/mol. The van der Waals surface area contributed by atoms with E-state index >= 15 is 0 Å². The summed E-state index contributed by atoms with van der Waals surface area (Å²) in [7, 11) is 0. The van der Waals surface area contributed by atoms with Crippen molar-refractivity contribution in [2.75, 3.05) is 0 Å². The third kappa shape index (κ3) is 5.39. The molecule has 188 valence electrons. The lowest BCUT2D eigenvalue weighted by Gasteiger charge is -2.14. The van der Waals surface area contributed by atoms with Gasteiger partial charge in [0.25, 0.3) is 0 Å². The first-order valence-electron chi connectivity index (χ1n) is 10.1. The first kappa shape index (κ1) is 25.7. The number of hydrogen-bond acceptors (Lipinski definition) is 3. The van der Waals surface area contributed by atoms with Gasteiger partial charge in [-0.15, -0.1) is 0 Å². The van der Waals surface area contributed by atoms with Crippen LogP contribution in [0.4, 0.5) is 26.3 Å². The highest BCUT2D eigenvalue weighted by atomic mass is 35.5. The molecule has 4 aromatic rings. The molecule has 0 spiro atoms. The van der Waals surface area contributed by atoms with E-state index in [1.807, 2.05) is 5.10 Å². The second-order valence-corrected chi connectivity index (χ2v) is 8.45. The van der Waals surface area contributed by atoms with Gasteiger partial charge in [-0.05, 0) is 47.5 Å². The number of benzene rings is 3. The number of alkyl halides is 6. The summed E-state index contributed by atoms with van der Waals surface area (Å²) in [5, 5.41) is 15.9. The maximum atomic E-state index is 13.7. The zero-order valence-electron chi connectivity index (χ0n) is 17.8. The molecule has 0 aliphatic rings. The number of aromatic amines is 1. The number of nitrogens with zero attached hydrogens (tertiary/aromatic N) is 1. The van der Waals surface area contributed by atoms with Crippen LogP contribution in [0.5, 0.6) is 11.5 Å². The van der Waals surface area contributed by atoms with Gasteiger partial charge in [0.1, 0.15) is 29.5 Å². The maximum absolute atomic E-state index is 13.7. The number of rotatable bonds is 5. The van der Waals surface area contributed by atoms with Crippen LogP contribution in [0.2, 0.25) is 10.0 Å². The van der Waals surface area contributed by atoms with Crippen LogP contribution in [0, 0.1) is 0 Å². The number of phenols is 1. The first-order chi connectivity index (χ1) is 16.8. The molecule has 2 N–H and O–H groups in total. The molecule has 0 aliphatic carbocycles. The number of aromatic nitrogens is 2. The summed E-state index contributed by atoms with van der Waals surface area (Å²) in [5.41, 5.74) is -3.58. The van der Waals surface area contributed by atoms with E-state index in [-0.39, 0.29) is 17.9 Å². The number of aromatic hydroxyl groups is 1. The Morgan fingerprint density at radius 2 is 1.56 bits per heavy atom. The molecule has 12 heteroatoms. The predicted molar refractivity (Wildman–Crippen MR) is 122 cm³/mol. The molecule has 36 heavy (non-hydrogen) atoms. The lowest BCUT2D eigenvalue weighted by Crippen LogP contribution is -2.09. The Hall–Kier alpha value is -3.37. The summed E-state index contributed by atoms with van der Waals surface area (Å²) < 4.78 is 86.8. The van der Waals surface area contributed by atoms with E-state index in [2.05, 4.69) is 5.10 Å². The third-order valence-corrected chi connectivity index (χ3v) is 5.73. The smallest absolute Gasteiger partial charge is 0.433 e. The van der Waals surface area contributed by atoms with Gasteiger partial charge in [0.15, 0.2) is 0 Å². The Morgan fingerprint density at radius 3 is 2.17 bits per heavy atom. The predicted octanol–water partition coefficient (Wildman–Crippen LogP) is 8.37. The molecule has 0 saturated carbocycles. The number of H-pyrrole nitrogens is 1. The van der Waals surface area contributed by atoms with E-state index in [9.17, 15) is 31.4 Å². The summed E-state index contributed by atoms with van der Waals surface area (Å²) in [6, 6.07) is 13.0. The molecule has 0 radical (unpaired) electrons. The van der Waals surface area contributed by atoms with Crippen molar-refractivity contribution < 1.29 is 36.2 Å². The van der Waals surface area contributed by atoms with Crippen LogP contribution in [-0.4, -0.2) is 15.3 Å². The Kier molecular flexibility index (Phi) is 6.85. The van der Waals surface area contributed by atoms with Gasteiger partial charge in [0.05, 0.1) is 10.6 Å². The van der Waals surface area contributed by atoms with Crippen molar-refractivity contribution in [1.82, 2.24) is 10.2 Å². The molecule has 3 aromatic carbocycles. The van der Waals surface area contributed by atoms with Crippen LogP contribution in [0.3, 0.4) is 0 Å². The quantitative estimate of drug-likeness (QED) is 0.247. The fraction of sp³-hybridized carbons (Fsp3) is 0.125. The highest BCUT2D eigenvalue weighted by Gasteiger charge is 2.39. The van der Waals surface area contributed by atoms with Crippen LogP contribution in [0.25, 0.3) is 22.4 Å². The molecule has 0 saturated heterocycles. The standard InChI is InChI=1S/C24H14Cl2F6N2O2/c25-14-4-1-12(2-5-14)11-36-15-6-7-16(19(35)10-15)21-20(22(34-33-21)24(30,31)32)13-3-8-18(26)17(9-13)23(27,28)29/h1-10,35H,11H2,(H,33,34). The van der Waals surface area contributed by atoms with E-state index in [1.165, 1.54) is 18.2 Å². The van der Waals surface area contributed by atoms with Gasteiger partial charge in [0.2, 0.25) is 0 Å². The molecule has 0 fully saturated rings. The van der Waals surface area contributed by atoms with Crippen molar-refractivity contribution in [3.63, 3.8) is 0 Å². The zero-order valence-corrected chi connectivity index (χ0v) is 19.3. The lowest BCUT2D eigenvalue weighted by atomic mass is 9.96. The number of nitrogens with one attached hydrogen (secondary N) is 1. The van der Waals surface area contributed by atoms with Crippen molar-refractivity contribution in [2.24, 2.45) is 0 Å². The van der Waals surface area contributed by atoms with E-state index in [1.54, 1.807) is 24.3 Å². The molecular weight excluding hydrogens is 533 g/mol. The molecule has 0 amide bonds. The van der Waals surface area contributed by atoms with Crippen molar-refractivity contribution in [2.45, 2.75) is 19.0 Å². The fourth-order valence-corrected chi connectivity index (χ4v) is 3.82. The van der Waals surface area contributed by atoms with Gasteiger partial charge in [0, 0.05) is 22.2 Å². The topological polar surface area (TPSA) is 58.1 Å². The Labute approximate surface area is 210 Å². The largest absolute Gasteiger partial charge is 0.507 e. The fourth-order valence-electron chi connectivity index (χ4n) is 3.47. The average Bonchev–Trinajstić information content (AvgIpc) is 3.24. The first-order valence-corrected chi connectivity index (χ1v) is 10.8. The molecule has 0 bridgehead atoms. The molecule has 4 nitrogen and oxygen atoms in total. The highest BCUT2D eigenvalue weighted by molar-refractivity contribution is 6.31. The molecule has 4 rings (SSSR count). The normalized spacial score (nSPS) is 12.1. The highest BCUT2D eigenvalue weighted by Crippen LogP contribution is 2.45. The van der Waals surface area contributed by atoms with Crippen molar-refractivity contribution in [3.8, 4) is 33.9 Å². The van der Waals surface area contributed by atoms with E-state index in [4.69, 9.17) is 27.9 Å². The van der Waals surface area contributed by atoms with E-state index in [0.29, 0.717) is 11.1 Å². The number of hydrogen-bond donors (Lipinski definition) is 2. The van der Waals surface area contributed by atoms with Crippen LogP contribution in [0.1, 0.15) is 16.8 Å². The van der Waals surface area contributed by atoms with Gasteiger partial charge in [-0.1, -0.05) is 41.4 Å². The Balaban J connectivity index is 1.75. The Morgan fingerprint density at radius 1 is 0.861 bits per heavy atom. The van der Waals surface area contributed by atoms with Crippen molar-refractivity contribution >= 4 is 23.2 Å². The minimum atomic E-state index is -4.98. The lowest BCUT2D eigenvalue weighted by molar-refractivity contribution is -0.140. The molecular formula is C24H14Cl2F6N2O2. The van der Waals surface area contributed by atoms with Crippen molar-refractivity contribution in [1.29, 1.82) is 0 Å². The van der Waals surface area contributed by atoms with Gasteiger partial charge < -0.3 is 9.84 Å². The second kappa shape index (κ2) is 9.59. The molecule has 1 heterocycles. The van der Waals surface area contributed by atoms with Crippen molar-refractivity contribution in [3.05, 3.63) is 87.5 Å². The van der Waals surface area contributed by atoms with Crippen LogP contribution < -0.4 is 4.74 Å². The summed E-state index contributed by atoms with van der Waals surface area (Å²) in [4.78, 5) is 0. The van der Waals surface area contributed by atoms with Crippen LogP contribution in [0.15, 0.2) is 60.7 Å². The number of ether oxygens (including phenoxy) is 1. The maximum Gasteiger partial charge on any atom is 0.433 e. The molecule has 0 aliphatic heterocycles. The minimum absolute atomic E-state index is 0.118. The summed E-state index contributed by atoms with van der Waals surface area (Å²) in [6.07, 6.45) is -9.88. The monoisotopic (exact) mass is 546 g/mol. The van der Waals surface area contributed by atoms with Gasteiger partial charge >= 0.3 is 12.4 Å². The van der Waals surface area contributed by atoms with Gasteiger partial charge in [-0.2, -0.15) is 31.4 Å². The van der Waals surface area contributed by atoms with Gasteiger partial charge in [-0.3, -0.25) is 5.10 Å². The molecule has 0 atom stereocenters. The second-order valence-electron chi connectivity index (χ2n) is 7.61. The van der Waals surface area contributed by atoms with Crippen LogP contribution in [-0.2, 0) is 19.0 Å². The Bertz CT molecular complexity index is 1400. The van der Waals surface area contributed by atoms with Crippen LogP contribution >= 0.6 is 23.2 Å². The number of phenolic OH excluding ortho intramolecular Hbond substituents is 1. The van der Waals surface area contributed by atoms with E-state index < -0.39 is 51.2 Å². The van der Waals surface area contributed by atoms with Gasteiger partial charge in [-0.25, -0.2) is 0 Å². The SMILES string of the molecule is Oc1cc(OCc2ccc(Cl)cc2)ccc1-c1n[nH]c(C(F)(F)F)c1-c1ccc(Cl)c(C(F)(F)F)c1. The summed E-state index contributed by atoms with van der Waals surface area (Å²) >= 11 is 11.5. The molecule has 0 unspecified atom stereocenters. The minimum Gasteiger partial charge on any atom is -0.507 e. The summed E-state index contributed by atoms with van der Waals surface area (Å²) in [5.74, 6) is -0.291.